The zero-order chi connectivity index (χ0) is 14.0. The number of hydrogen-bond donors (Lipinski definition) is 0. The molecule has 0 radical (unpaired) electrons. The second-order valence-corrected chi connectivity index (χ2v) is 4.23. The summed E-state index contributed by atoms with van der Waals surface area (Å²) in [5, 5.41) is 0. The lowest BCUT2D eigenvalue weighted by molar-refractivity contribution is 0.112. The standard InChI is InChI=1S/C15H12FNO2/c1-9-13(7-18)15(14(8-19)10(2)17-9)11-3-5-12(16)6-4-11/h3-8H,1-2H3. The Labute approximate surface area is 110 Å². The summed E-state index contributed by atoms with van der Waals surface area (Å²) in [6.45, 7) is 3.41. The first-order valence-corrected chi connectivity index (χ1v) is 5.76. The molecule has 0 spiro atoms. The Kier molecular flexibility index (Phi) is 3.51. The number of pyridine rings is 1. The van der Waals surface area contributed by atoms with Crippen LogP contribution in [-0.4, -0.2) is 17.6 Å². The molecule has 0 saturated carbocycles. The molecule has 2 aromatic rings. The molecule has 4 heteroatoms. The highest BCUT2D eigenvalue weighted by Crippen LogP contribution is 2.29. The monoisotopic (exact) mass is 257 g/mol. The Morgan fingerprint density at radius 1 is 0.947 bits per heavy atom. The fraction of sp³-hybridized carbons (Fsp3) is 0.133. The molecule has 1 heterocycles. The highest BCUT2D eigenvalue weighted by Gasteiger charge is 2.16. The van der Waals surface area contributed by atoms with Gasteiger partial charge < -0.3 is 0 Å². The minimum Gasteiger partial charge on any atom is -0.298 e. The van der Waals surface area contributed by atoms with E-state index in [2.05, 4.69) is 4.98 Å². The van der Waals surface area contributed by atoms with Gasteiger partial charge in [-0.1, -0.05) is 12.1 Å². The summed E-state index contributed by atoms with van der Waals surface area (Å²) >= 11 is 0. The fourth-order valence-corrected chi connectivity index (χ4v) is 2.09. The fourth-order valence-electron chi connectivity index (χ4n) is 2.09. The maximum Gasteiger partial charge on any atom is 0.152 e. The molecule has 0 amide bonds. The van der Waals surface area contributed by atoms with Crippen LogP contribution in [0.2, 0.25) is 0 Å². The van der Waals surface area contributed by atoms with E-state index >= 15 is 0 Å². The zero-order valence-electron chi connectivity index (χ0n) is 10.6. The number of carbonyl (C=O) groups excluding carboxylic acids is 2. The van der Waals surface area contributed by atoms with Crippen molar-refractivity contribution < 1.29 is 14.0 Å². The highest BCUT2D eigenvalue weighted by atomic mass is 19.1. The van der Waals surface area contributed by atoms with Crippen LogP contribution < -0.4 is 0 Å². The molecule has 0 bridgehead atoms. The lowest BCUT2D eigenvalue weighted by atomic mass is 9.94. The average molecular weight is 257 g/mol. The Bertz CT molecular complexity index is 616. The lowest BCUT2D eigenvalue weighted by Gasteiger charge is -2.12. The van der Waals surface area contributed by atoms with Crippen LogP contribution >= 0.6 is 0 Å². The number of carbonyl (C=O) groups is 2. The van der Waals surface area contributed by atoms with Crippen LogP contribution in [0.25, 0.3) is 11.1 Å². The van der Waals surface area contributed by atoms with Gasteiger partial charge in [0.2, 0.25) is 0 Å². The summed E-state index contributed by atoms with van der Waals surface area (Å²) in [4.78, 5) is 26.7. The van der Waals surface area contributed by atoms with Gasteiger partial charge in [-0.2, -0.15) is 0 Å². The van der Waals surface area contributed by atoms with Gasteiger partial charge in [0.05, 0.1) is 0 Å². The molecule has 2 rings (SSSR count). The number of nitrogens with zero attached hydrogens (tertiary/aromatic N) is 1. The summed E-state index contributed by atoms with van der Waals surface area (Å²) in [7, 11) is 0. The molecule has 1 aromatic heterocycles. The van der Waals surface area contributed by atoms with E-state index in [0.717, 1.165) is 0 Å². The molecule has 96 valence electrons. The van der Waals surface area contributed by atoms with Crippen LogP contribution in [0.4, 0.5) is 4.39 Å². The van der Waals surface area contributed by atoms with Crippen molar-refractivity contribution in [2.75, 3.05) is 0 Å². The molecule has 0 fully saturated rings. The molecule has 0 unspecified atom stereocenters. The summed E-state index contributed by atoms with van der Waals surface area (Å²) in [6, 6.07) is 5.68. The Balaban J connectivity index is 2.82. The molecule has 3 nitrogen and oxygen atoms in total. The second-order valence-electron chi connectivity index (χ2n) is 4.23. The van der Waals surface area contributed by atoms with Crippen molar-refractivity contribution in [3.63, 3.8) is 0 Å². The van der Waals surface area contributed by atoms with Crippen molar-refractivity contribution in [3.05, 3.63) is 52.6 Å². The van der Waals surface area contributed by atoms with Gasteiger partial charge in [0.15, 0.2) is 12.6 Å². The Hall–Kier alpha value is -2.36. The maximum absolute atomic E-state index is 13.0. The minimum absolute atomic E-state index is 0.360. The van der Waals surface area contributed by atoms with Gasteiger partial charge in [-0.25, -0.2) is 4.39 Å². The molecule has 1 aromatic carbocycles. The second kappa shape index (κ2) is 5.10. The summed E-state index contributed by atoms with van der Waals surface area (Å²) in [5.41, 5.74) is 2.96. The summed E-state index contributed by atoms with van der Waals surface area (Å²) < 4.78 is 13.0. The van der Waals surface area contributed by atoms with E-state index in [4.69, 9.17) is 0 Å². The third kappa shape index (κ3) is 2.29. The normalized spacial score (nSPS) is 10.3. The zero-order valence-corrected chi connectivity index (χ0v) is 10.6. The van der Waals surface area contributed by atoms with Crippen LogP contribution in [0.1, 0.15) is 32.1 Å². The van der Waals surface area contributed by atoms with Crippen LogP contribution in [0.15, 0.2) is 24.3 Å². The lowest BCUT2D eigenvalue weighted by Crippen LogP contribution is -2.04. The van der Waals surface area contributed by atoms with E-state index in [1.165, 1.54) is 12.1 Å². The van der Waals surface area contributed by atoms with E-state index in [9.17, 15) is 14.0 Å². The third-order valence-electron chi connectivity index (χ3n) is 3.02. The highest BCUT2D eigenvalue weighted by molar-refractivity contribution is 5.98. The Morgan fingerprint density at radius 3 is 1.84 bits per heavy atom. The maximum atomic E-state index is 13.0. The van der Waals surface area contributed by atoms with Crippen molar-refractivity contribution in [2.45, 2.75) is 13.8 Å². The molecule has 0 aliphatic heterocycles. The molecule has 0 atom stereocenters. The average Bonchev–Trinajstić information content (AvgIpc) is 2.39. The van der Waals surface area contributed by atoms with Crippen molar-refractivity contribution in [1.82, 2.24) is 4.98 Å². The van der Waals surface area contributed by atoms with E-state index in [-0.39, 0.29) is 5.82 Å². The van der Waals surface area contributed by atoms with Gasteiger partial charge in [0.25, 0.3) is 0 Å². The van der Waals surface area contributed by atoms with E-state index < -0.39 is 0 Å². The van der Waals surface area contributed by atoms with Crippen LogP contribution in [0, 0.1) is 19.7 Å². The number of rotatable bonds is 3. The molecular weight excluding hydrogens is 245 g/mol. The van der Waals surface area contributed by atoms with Gasteiger partial charge in [-0.3, -0.25) is 14.6 Å². The van der Waals surface area contributed by atoms with Crippen molar-refractivity contribution in [2.24, 2.45) is 0 Å². The molecule has 0 N–H and O–H groups in total. The number of hydrogen-bond acceptors (Lipinski definition) is 3. The van der Waals surface area contributed by atoms with Crippen molar-refractivity contribution in [3.8, 4) is 11.1 Å². The SMILES string of the molecule is Cc1nc(C)c(C=O)c(-c2ccc(F)cc2)c1C=O. The number of halogens is 1. The first-order chi connectivity index (χ1) is 9.08. The summed E-state index contributed by atoms with van der Waals surface area (Å²) in [6.07, 6.45) is 1.35. The van der Waals surface area contributed by atoms with Gasteiger partial charge in [0, 0.05) is 28.1 Å². The minimum atomic E-state index is -0.369. The largest absolute Gasteiger partial charge is 0.298 e. The van der Waals surface area contributed by atoms with Gasteiger partial charge in [-0.15, -0.1) is 0 Å². The first-order valence-electron chi connectivity index (χ1n) is 5.76. The molecule has 0 saturated heterocycles. The molecule has 0 aliphatic rings. The number of benzene rings is 1. The number of aldehydes is 2. The predicted molar refractivity (Wildman–Crippen MR) is 69.9 cm³/mol. The number of aromatic nitrogens is 1. The van der Waals surface area contributed by atoms with E-state index in [1.807, 2.05) is 0 Å². The van der Waals surface area contributed by atoms with Crippen molar-refractivity contribution in [1.29, 1.82) is 0 Å². The third-order valence-corrected chi connectivity index (χ3v) is 3.02. The Morgan fingerprint density at radius 2 is 1.42 bits per heavy atom. The predicted octanol–water partition coefficient (Wildman–Crippen LogP) is 3.13. The molecule has 0 aliphatic carbocycles. The van der Waals surface area contributed by atoms with Gasteiger partial charge in [0.1, 0.15) is 5.82 Å². The smallest absolute Gasteiger partial charge is 0.152 e. The number of aryl methyl sites for hydroxylation is 2. The van der Waals surface area contributed by atoms with E-state index in [0.29, 0.717) is 46.2 Å². The molecular formula is C15H12FNO2. The van der Waals surface area contributed by atoms with Crippen LogP contribution in [0.5, 0.6) is 0 Å². The van der Waals surface area contributed by atoms with Gasteiger partial charge >= 0.3 is 0 Å². The van der Waals surface area contributed by atoms with Crippen LogP contribution in [0.3, 0.4) is 0 Å². The quantitative estimate of drug-likeness (QED) is 0.793. The van der Waals surface area contributed by atoms with Gasteiger partial charge in [-0.05, 0) is 31.5 Å². The van der Waals surface area contributed by atoms with E-state index in [1.54, 1.807) is 26.0 Å². The first kappa shape index (κ1) is 13.1. The van der Waals surface area contributed by atoms with Crippen LogP contribution in [-0.2, 0) is 0 Å². The summed E-state index contributed by atoms with van der Waals surface area (Å²) in [5.74, 6) is -0.369. The van der Waals surface area contributed by atoms with Crippen molar-refractivity contribution >= 4 is 12.6 Å². The molecule has 19 heavy (non-hydrogen) atoms. The topological polar surface area (TPSA) is 47.0 Å².